The first-order chi connectivity index (χ1) is 7.49. The number of primary amides is 1. The van der Waals surface area contributed by atoms with E-state index in [-0.39, 0.29) is 22.3 Å². The fourth-order valence-electron chi connectivity index (χ4n) is 1.41. The number of sulfone groups is 1. The molecule has 5 nitrogen and oxygen atoms in total. The lowest BCUT2D eigenvalue weighted by Gasteiger charge is -2.03. The Morgan fingerprint density at radius 2 is 2.19 bits per heavy atom. The zero-order chi connectivity index (χ0) is 11.8. The Balaban J connectivity index is 2.31. The van der Waals surface area contributed by atoms with E-state index in [0.29, 0.717) is 0 Å². The van der Waals surface area contributed by atoms with Gasteiger partial charge in [0.2, 0.25) is 5.91 Å². The summed E-state index contributed by atoms with van der Waals surface area (Å²) in [5.41, 5.74) is 5.25. The molecular weight excluding hydrogens is 228 g/mol. The zero-order valence-corrected chi connectivity index (χ0v) is 9.40. The van der Waals surface area contributed by atoms with E-state index in [9.17, 15) is 13.2 Å². The number of hydrogen-bond donors (Lipinski definition) is 1. The Labute approximate surface area is 93.6 Å². The third-order valence-electron chi connectivity index (χ3n) is 2.49. The summed E-state index contributed by atoms with van der Waals surface area (Å²) in [4.78, 5) is 14.7. The Bertz CT molecular complexity index is 521. The van der Waals surface area contributed by atoms with Crippen LogP contribution in [-0.4, -0.2) is 25.1 Å². The van der Waals surface area contributed by atoms with Crippen LogP contribution in [0.4, 0.5) is 0 Å². The lowest BCUT2D eigenvalue weighted by atomic mass is 10.3. The molecule has 0 bridgehead atoms. The summed E-state index contributed by atoms with van der Waals surface area (Å²) in [6, 6.07) is 2.64. The Morgan fingerprint density at radius 1 is 1.50 bits per heavy atom. The highest BCUT2D eigenvalue weighted by Gasteiger charge is 2.29. The quantitative estimate of drug-likeness (QED) is 0.823. The van der Waals surface area contributed by atoms with E-state index in [1.54, 1.807) is 0 Å². The van der Waals surface area contributed by atoms with Crippen LogP contribution in [0.1, 0.15) is 23.2 Å². The van der Waals surface area contributed by atoms with Crippen molar-refractivity contribution in [2.24, 2.45) is 11.7 Å². The van der Waals surface area contributed by atoms with Crippen LogP contribution < -0.4 is 5.73 Å². The normalized spacial score (nSPS) is 16.0. The van der Waals surface area contributed by atoms with Gasteiger partial charge in [-0.05, 0) is 30.9 Å². The molecule has 6 heteroatoms. The molecular formula is C10H12N2O3S. The van der Waals surface area contributed by atoms with Crippen LogP contribution in [0.25, 0.3) is 0 Å². The van der Waals surface area contributed by atoms with E-state index in [2.05, 4.69) is 4.98 Å². The summed E-state index contributed by atoms with van der Waals surface area (Å²) in [5, 5.41) is -0.0595. The predicted octanol–water partition coefficient (Wildman–Crippen LogP) is 0.364. The van der Waals surface area contributed by atoms with Crippen LogP contribution in [0.2, 0.25) is 0 Å². The van der Waals surface area contributed by atoms with Crippen molar-refractivity contribution in [3.63, 3.8) is 0 Å². The largest absolute Gasteiger partial charge is 0.366 e. The van der Waals surface area contributed by atoms with E-state index in [0.717, 1.165) is 12.8 Å². The number of amides is 1. The molecule has 1 fully saturated rings. The monoisotopic (exact) mass is 240 g/mol. The smallest absolute Gasteiger partial charge is 0.248 e. The van der Waals surface area contributed by atoms with Gasteiger partial charge in [-0.25, -0.2) is 13.4 Å². The first-order valence-electron chi connectivity index (χ1n) is 4.97. The topological polar surface area (TPSA) is 90.1 Å². The van der Waals surface area contributed by atoms with Gasteiger partial charge in [0.05, 0.1) is 5.75 Å². The van der Waals surface area contributed by atoms with E-state index in [4.69, 9.17) is 5.73 Å². The summed E-state index contributed by atoms with van der Waals surface area (Å²) < 4.78 is 23.7. The molecule has 86 valence electrons. The highest BCUT2D eigenvalue weighted by atomic mass is 32.2. The average Bonchev–Trinajstić information content (AvgIpc) is 3.01. The van der Waals surface area contributed by atoms with Gasteiger partial charge < -0.3 is 5.73 Å². The summed E-state index contributed by atoms with van der Waals surface area (Å²) in [7, 11) is -3.37. The molecule has 0 radical (unpaired) electrons. The fourth-order valence-corrected chi connectivity index (χ4v) is 3.07. The highest BCUT2D eigenvalue weighted by molar-refractivity contribution is 7.91. The number of aromatic nitrogens is 1. The van der Waals surface area contributed by atoms with Crippen molar-refractivity contribution < 1.29 is 13.2 Å². The Hall–Kier alpha value is -1.43. The number of nitrogens with zero attached hydrogens (tertiary/aromatic N) is 1. The van der Waals surface area contributed by atoms with E-state index in [1.807, 2.05) is 0 Å². The SMILES string of the molecule is NC(=O)c1ccnc(S(=O)(=O)CC2CC2)c1. The van der Waals surface area contributed by atoms with E-state index in [1.165, 1.54) is 18.3 Å². The zero-order valence-electron chi connectivity index (χ0n) is 8.59. The highest BCUT2D eigenvalue weighted by Crippen LogP contribution is 2.31. The molecule has 16 heavy (non-hydrogen) atoms. The van der Waals surface area contributed by atoms with Crippen LogP contribution in [0.5, 0.6) is 0 Å². The standard InChI is InChI=1S/C10H12N2O3S/c11-10(13)8-3-4-12-9(5-8)16(14,15)6-7-1-2-7/h3-5,7H,1-2,6H2,(H2,11,13). The molecule has 1 saturated carbocycles. The van der Waals surface area contributed by atoms with Gasteiger partial charge in [-0.1, -0.05) is 0 Å². The first kappa shape index (κ1) is 11.1. The molecule has 0 unspecified atom stereocenters. The Morgan fingerprint density at radius 3 is 2.75 bits per heavy atom. The molecule has 0 atom stereocenters. The number of carbonyl (C=O) groups is 1. The minimum Gasteiger partial charge on any atom is -0.366 e. The Kier molecular flexibility index (Phi) is 2.67. The van der Waals surface area contributed by atoms with Gasteiger partial charge in [-0.2, -0.15) is 0 Å². The van der Waals surface area contributed by atoms with Gasteiger partial charge in [0, 0.05) is 11.8 Å². The number of pyridine rings is 1. The molecule has 1 aromatic rings. The molecule has 0 spiro atoms. The maximum absolute atomic E-state index is 11.8. The summed E-state index contributed by atoms with van der Waals surface area (Å²) in [6.07, 6.45) is 3.20. The molecule has 0 saturated heterocycles. The van der Waals surface area contributed by atoms with Gasteiger partial charge in [-0.15, -0.1) is 0 Å². The van der Waals surface area contributed by atoms with E-state index >= 15 is 0 Å². The van der Waals surface area contributed by atoms with Gasteiger partial charge in [0.1, 0.15) is 0 Å². The minimum absolute atomic E-state index is 0.0595. The van der Waals surface area contributed by atoms with Crippen LogP contribution in [0, 0.1) is 5.92 Å². The third kappa shape index (κ3) is 2.38. The van der Waals surface area contributed by atoms with Crippen molar-refractivity contribution in [2.45, 2.75) is 17.9 Å². The number of rotatable bonds is 4. The fraction of sp³-hybridized carbons (Fsp3) is 0.400. The third-order valence-corrected chi connectivity index (χ3v) is 4.26. The predicted molar refractivity (Wildman–Crippen MR) is 57.5 cm³/mol. The molecule has 1 amide bonds. The average molecular weight is 240 g/mol. The second kappa shape index (κ2) is 3.86. The van der Waals surface area contributed by atoms with Crippen LogP contribution in [0.3, 0.4) is 0 Å². The number of hydrogen-bond acceptors (Lipinski definition) is 4. The number of nitrogens with two attached hydrogens (primary N) is 1. The van der Waals surface area contributed by atoms with Crippen molar-refractivity contribution in [1.82, 2.24) is 4.98 Å². The maximum atomic E-state index is 11.8. The lowest BCUT2D eigenvalue weighted by molar-refractivity contribution is 0.1000. The van der Waals surface area contributed by atoms with Crippen molar-refractivity contribution >= 4 is 15.7 Å². The molecule has 2 rings (SSSR count). The van der Waals surface area contributed by atoms with Gasteiger partial charge >= 0.3 is 0 Å². The first-order valence-corrected chi connectivity index (χ1v) is 6.63. The minimum atomic E-state index is -3.37. The molecule has 1 heterocycles. The lowest BCUT2D eigenvalue weighted by Crippen LogP contribution is -2.14. The molecule has 1 aromatic heterocycles. The molecule has 1 aliphatic rings. The van der Waals surface area contributed by atoms with Gasteiger partial charge in [0.25, 0.3) is 0 Å². The summed E-state index contributed by atoms with van der Waals surface area (Å²) in [5.74, 6) is -0.281. The van der Waals surface area contributed by atoms with Gasteiger partial charge in [0.15, 0.2) is 14.9 Å². The van der Waals surface area contributed by atoms with Crippen molar-refractivity contribution in [1.29, 1.82) is 0 Å². The molecule has 2 N–H and O–H groups in total. The van der Waals surface area contributed by atoms with E-state index < -0.39 is 15.7 Å². The van der Waals surface area contributed by atoms with Crippen molar-refractivity contribution in [3.8, 4) is 0 Å². The summed E-state index contributed by atoms with van der Waals surface area (Å²) >= 11 is 0. The second-order valence-corrected chi connectivity index (χ2v) is 5.95. The maximum Gasteiger partial charge on any atom is 0.248 e. The van der Waals surface area contributed by atoms with Crippen molar-refractivity contribution in [2.75, 3.05) is 5.75 Å². The van der Waals surface area contributed by atoms with Crippen LogP contribution >= 0.6 is 0 Å². The second-order valence-electron chi connectivity index (χ2n) is 3.97. The molecule has 0 aromatic carbocycles. The number of carbonyl (C=O) groups excluding carboxylic acids is 1. The van der Waals surface area contributed by atoms with Gasteiger partial charge in [-0.3, -0.25) is 4.79 Å². The molecule has 1 aliphatic carbocycles. The summed E-state index contributed by atoms with van der Waals surface area (Å²) in [6.45, 7) is 0. The van der Waals surface area contributed by atoms with Crippen LogP contribution in [0.15, 0.2) is 23.4 Å². The van der Waals surface area contributed by atoms with Crippen molar-refractivity contribution in [3.05, 3.63) is 23.9 Å². The van der Waals surface area contributed by atoms with Crippen LogP contribution in [-0.2, 0) is 9.84 Å². The molecule has 0 aliphatic heterocycles.